The Morgan fingerprint density at radius 1 is 1.33 bits per heavy atom. The number of hydrogen-bond acceptors (Lipinski definition) is 4. The van der Waals surface area contributed by atoms with Crippen molar-refractivity contribution in [3.8, 4) is 0 Å². The fourth-order valence-corrected chi connectivity index (χ4v) is 2.16. The van der Waals surface area contributed by atoms with Crippen LogP contribution >= 0.6 is 22.9 Å². The lowest BCUT2D eigenvalue weighted by Crippen LogP contribution is -1.83. The molecule has 62 valence electrons. The topological polar surface area (TPSA) is 64.9 Å². The summed E-state index contributed by atoms with van der Waals surface area (Å²) in [6, 6.07) is 3.48. The molecule has 0 saturated carbocycles. The summed E-state index contributed by atoms with van der Waals surface area (Å²) < 4.78 is 0.928. The van der Waals surface area contributed by atoms with Gasteiger partial charge < -0.3 is 11.5 Å². The van der Waals surface area contributed by atoms with E-state index >= 15 is 0 Å². The number of halogens is 1. The predicted molar refractivity (Wildman–Crippen MR) is 53.5 cm³/mol. The molecule has 0 saturated heterocycles. The Balaban J connectivity index is 2.88. The Morgan fingerprint density at radius 2 is 2.08 bits per heavy atom. The molecule has 1 heterocycles. The molecule has 0 fully saturated rings. The summed E-state index contributed by atoms with van der Waals surface area (Å²) in [6.07, 6.45) is 0. The number of fused-ring (bicyclic) bond motifs is 1. The van der Waals surface area contributed by atoms with Crippen molar-refractivity contribution in [2.45, 2.75) is 0 Å². The highest BCUT2D eigenvalue weighted by atomic mass is 35.5. The lowest BCUT2D eigenvalue weighted by Gasteiger charge is -1.93. The number of thiazole rings is 1. The second-order valence-electron chi connectivity index (χ2n) is 2.40. The molecule has 0 aliphatic heterocycles. The quantitative estimate of drug-likeness (QED) is 0.639. The highest BCUT2D eigenvalue weighted by molar-refractivity contribution is 7.22. The number of nitrogens with zero attached hydrogens (tertiary/aromatic N) is 1. The van der Waals surface area contributed by atoms with E-state index in [-0.39, 0.29) is 0 Å². The minimum absolute atomic E-state index is 0.512. The van der Waals surface area contributed by atoms with Crippen LogP contribution in [0.15, 0.2) is 12.1 Å². The van der Waals surface area contributed by atoms with E-state index in [9.17, 15) is 0 Å². The van der Waals surface area contributed by atoms with Crippen molar-refractivity contribution in [2.75, 3.05) is 11.5 Å². The second kappa shape index (κ2) is 2.50. The average Bonchev–Trinajstić information content (AvgIpc) is 2.29. The number of aromatic nitrogens is 1. The van der Waals surface area contributed by atoms with E-state index in [4.69, 9.17) is 23.1 Å². The smallest absolute Gasteiger partial charge is 0.181 e. The van der Waals surface area contributed by atoms with Crippen molar-refractivity contribution in [3.63, 3.8) is 0 Å². The molecule has 2 rings (SSSR count). The first-order valence-electron chi connectivity index (χ1n) is 3.28. The minimum Gasteiger partial charge on any atom is -0.399 e. The zero-order valence-corrected chi connectivity index (χ0v) is 7.62. The van der Waals surface area contributed by atoms with Gasteiger partial charge in [-0.2, -0.15) is 0 Å². The van der Waals surface area contributed by atoms with Crippen LogP contribution in [0.1, 0.15) is 0 Å². The van der Waals surface area contributed by atoms with Gasteiger partial charge in [-0.25, -0.2) is 4.98 Å². The van der Waals surface area contributed by atoms with Crippen LogP contribution in [-0.4, -0.2) is 4.98 Å². The third kappa shape index (κ3) is 1.09. The molecule has 0 aliphatic rings. The number of nitrogens with two attached hydrogens (primary N) is 2. The van der Waals surface area contributed by atoms with Crippen LogP contribution in [0.5, 0.6) is 0 Å². The molecule has 3 nitrogen and oxygen atoms in total. The van der Waals surface area contributed by atoms with E-state index in [0.29, 0.717) is 15.8 Å². The summed E-state index contributed by atoms with van der Waals surface area (Å²) in [6.45, 7) is 0. The first-order valence-corrected chi connectivity index (χ1v) is 4.47. The molecule has 1 aromatic carbocycles. The average molecular weight is 200 g/mol. The fraction of sp³-hybridized carbons (Fsp3) is 0. The van der Waals surface area contributed by atoms with E-state index in [1.54, 1.807) is 6.07 Å². The SMILES string of the molecule is Nc1cc(Cl)c2nc(N)sc2c1. The van der Waals surface area contributed by atoms with Crippen molar-refractivity contribution in [3.05, 3.63) is 17.2 Å². The van der Waals surface area contributed by atoms with Gasteiger partial charge in [0.25, 0.3) is 0 Å². The van der Waals surface area contributed by atoms with E-state index in [1.807, 2.05) is 6.07 Å². The van der Waals surface area contributed by atoms with Crippen LogP contribution in [0.2, 0.25) is 5.02 Å². The van der Waals surface area contributed by atoms with E-state index < -0.39 is 0 Å². The molecule has 1 aromatic heterocycles. The van der Waals surface area contributed by atoms with Gasteiger partial charge >= 0.3 is 0 Å². The van der Waals surface area contributed by atoms with Gasteiger partial charge in [-0.05, 0) is 12.1 Å². The van der Waals surface area contributed by atoms with Gasteiger partial charge in [0.15, 0.2) is 5.13 Å². The summed E-state index contributed by atoms with van der Waals surface area (Å²) in [5.41, 5.74) is 12.5. The Labute approximate surface area is 78.0 Å². The molecule has 0 radical (unpaired) electrons. The molecule has 2 aromatic rings. The third-order valence-electron chi connectivity index (χ3n) is 1.49. The monoisotopic (exact) mass is 199 g/mol. The summed E-state index contributed by atoms with van der Waals surface area (Å²) in [5.74, 6) is 0. The molecular formula is C7H6ClN3S. The van der Waals surface area contributed by atoms with Gasteiger partial charge in [-0.15, -0.1) is 0 Å². The molecule has 0 atom stereocenters. The highest BCUT2D eigenvalue weighted by Crippen LogP contribution is 2.31. The van der Waals surface area contributed by atoms with E-state index in [2.05, 4.69) is 4.98 Å². The molecule has 0 amide bonds. The van der Waals surface area contributed by atoms with Crippen LogP contribution < -0.4 is 11.5 Å². The molecule has 5 heteroatoms. The summed E-state index contributed by atoms with van der Waals surface area (Å²) in [4.78, 5) is 4.06. The third-order valence-corrected chi connectivity index (χ3v) is 2.61. The maximum absolute atomic E-state index is 5.88. The Morgan fingerprint density at radius 3 is 2.83 bits per heavy atom. The fourth-order valence-electron chi connectivity index (χ4n) is 1.03. The van der Waals surface area contributed by atoms with Crippen molar-refractivity contribution in [1.29, 1.82) is 0 Å². The summed E-state index contributed by atoms with van der Waals surface area (Å²) >= 11 is 7.27. The van der Waals surface area contributed by atoms with Crippen LogP contribution in [-0.2, 0) is 0 Å². The van der Waals surface area contributed by atoms with Crippen molar-refractivity contribution >= 4 is 44.0 Å². The Bertz CT molecular complexity index is 437. The van der Waals surface area contributed by atoms with Gasteiger partial charge in [-0.3, -0.25) is 0 Å². The standard InChI is InChI=1S/C7H6ClN3S/c8-4-1-3(9)2-5-6(4)11-7(10)12-5/h1-2H,9H2,(H2,10,11). The summed E-state index contributed by atoms with van der Waals surface area (Å²) in [5, 5.41) is 1.07. The normalized spacial score (nSPS) is 10.8. The molecule has 12 heavy (non-hydrogen) atoms. The van der Waals surface area contributed by atoms with Crippen LogP contribution in [0.4, 0.5) is 10.8 Å². The summed E-state index contributed by atoms with van der Waals surface area (Å²) in [7, 11) is 0. The zero-order valence-electron chi connectivity index (χ0n) is 6.04. The Kier molecular flexibility index (Phi) is 1.59. The van der Waals surface area contributed by atoms with Crippen LogP contribution in [0, 0.1) is 0 Å². The minimum atomic E-state index is 0.512. The van der Waals surface area contributed by atoms with Crippen LogP contribution in [0.25, 0.3) is 10.2 Å². The molecule has 4 N–H and O–H groups in total. The number of hydrogen-bond donors (Lipinski definition) is 2. The van der Waals surface area contributed by atoms with E-state index in [1.165, 1.54) is 11.3 Å². The highest BCUT2D eigenvalue weighted by Gasteiger charge is 2.05. The van der Waals surface area contributed by atoms with Gasteiger partial charge in [0.05, 0.1) is 9.72 Å². The van der Waals surface area contributed by atoms with Gasteiger partial charge in [0.1, 0.15) is 5.52 Å². The van der Waals surface area contributed by atoms with E-state index in [0.717, 1.165) is 10.2 Å². The van der Waals surface area contributed by atoms with Gasteiger partial charge in [0, 0.05) is 5.69 Å². The molecular weight excluding hydrogens is 194 g/mol. The number of benzene rings is 1. The first kappa shape index (κ1) is 7.64. The van der Waals surface area contributed by atoms with Crippen molar-refractivity contribution in [1.82, 2.24) is 4.98 Å². The molecule has 0 aliphatic carbocycles. The largest absolute Gasteiger partial charge is 0.399 e. The van der Waals surface area contributed by atoms with Gasteiger partial charge in [0.2, 0.25) is 0 Å². The molecule has 0 bridgehead atoms. The first-order chi connectivity index (χ1) is 5.66. The predicted octanol–water partition coefficient (Wildman–Crippen LogP) is 2.11. The number of anilines is 2. The van der Waals surface area contributed by atoms with Crippen molar-refractivity contribution in [2.24, 2.45) is 0 Å². The van der Waals surface area contributed by atoms with Gasteiger partial charge in [-0.1, -0.05) is 22.9 Å². The Hall–Kier alpha value is -1.00. The maximum atomic E-state index is 5.88. The zero-order chi connectivity index (χ0) is 8.72. The number of nitrogen functional groups attached to an aromatic ring is 2. The maximum Gasteiger partial charge on any atom is 0.181 e. The van der Waals surface area contributed by atoms with Crippen LogP contribution in [0.3, 0.4) is 0 Å². The number of rotatable bonds is 0. The van der Waals surface area contributed by atoms with Crippen molar-refractivity contribution < 1.29 is 0 Å². The lowest BCUT2D eigenvalue weighted by atomic mass is 10.3. The molecule has 0 spiro atoms. The second-order valence-corrected chi connectivity index (χ2v) is 3.87. The lowest BCUT2D eigenvalue weighted by molar-refractivity contribution is 1.50. The molecule has 0 unspecified atom stereocenters.